The molecule has 0 radical (unpaired) electrons. The molecular formula is C31H32F3N3O3. The van der Waals surface area contributed by atoms with Crippen molar-refractivity contribution in [3.8, 4) is 0 Å². The summed E-state index contributed by atoms with van der Waals surface area (Å²) in [6.07, 6.45) is 1.40. The third-order valence-electron chi connectivity index (χ3n) is 8.84. The second kappa shape index (κ2) is 10.2. The molecule has 210 valence electrons. The third-order valence-corrected chi connectivity index (χ3v) is 8.84. The van der Waals surface area contributed by atoms with Crippen molar-refractivity contribution in [1.82, 2.24) is 14.9 Å². The molecule has 0 spiro atoms. The van der Waals surface area contributed by atoms with Crippen LogP contribution in [0, 0.1) is 0 Å². The van der Waals surface area contributed by atoms with Gasteiger partial charge in [-0.3, -0.25) is 9.59 Å². The van der Waals surface area contributed by atoms with Gasteiger partial charge in [-0.05, 0) is 73.3 Å². The molecule has 1 atom stereocenters. The molecule has 2 aromatic carbocycles. The molecule has 1 aliphatic heterocycles. The highest BCUT2D eigenvalue weighted by molar-refractivity contribution is 5.82. The number of rotatable bonds is 5. The van der Waals surface area contributed by atoms with E-state index in [2.05, 4.69) is 29.2 Å². The number of aromatic nitrogens is 2. The number of benzene rings is 2. The zero-order chi connectivity index (χ0) is 28.1. The lowest BCUT2D eigenvalue weighted by Crippen LogP contribution is -2.36. The van der Waals surface area contributed by atoms with E-state index in [0.29, 0.717) is 35.8 Å². The number of H-pyrrole nitrogens is 1. The number of hydrogen-bond donors (Lipinski definition) is 2. The maximum atomic E-state index is 13.4. The highest BCUT2D eigenvalue weighted by Gasteiger charge is 2.49. The lowest BCUT2D eigenvalue weighted by atomic mass is 9.89. The van der Waals surface area contributed by atoms with Crippen LogP contribution in [0.3, 0.4) is 0 Å². The Hall–Kier alpha value is -3.46. The number of amides is 1. The lowest BCUT2D eigenvalue weighted by molar-refractivity contribution is -0.142. The number of nitrogens with one attached hydrogen (secondary N) is 1. The molecule has 2 aliphatic carbocycles. The lowest BCUT2D eigenvalue weighted by Gasteiger charge is -2.24. The summed E-state index contributed by atoms with van der Waals surface area (Å²) in [5.41, 5.74) is 1.83. The minimum atomic E-state index is -4.59. The first-order valence-corrected chi connectivity index (χ1v) is 14.0. The van der Waals surface area contributed by atoms with Crippen LogP contribution in [0.15, 0.2) is 53.3 Å². The minimum absolute atomic E-state index is 0.0586. The minimum Gasteiger partial charge on any atom is -0.378 e. The van der Waals surface area contributed by atoms with Crippen molar-refractivity contribution in [3.63, 3.8) is 0 Å². The van der Waals surface area contributed by atoms with Gasteiger partial charge in [-0.1, -0.05) is 49.2 Å². The SMILES string of the molecule is O=C([C@H](O)c1cccc(C(F)(F)F)c1)N1CCCc2nc(C3(c4cccc(C5CCCC5)c4)CC3)[nH]c(=O)c2C1. The summed E-state index contributed by atoms with van der Waals surface area (Å²) < 4.78 is 39.4. The zero-order valence-corrected chi connectivity index (χ0v) is 22.1. The number of carbonyl (C=O) groups excluding carboxylic acids is 1. The molecule has 2 saturated carbocycles. The van der Waals surface area contributed by atoms with E-state index >= 15 is 0 Å². The van der Waals surface area contributed by atoms with Gasteiger partial charge in [-0.2, -0.15) is 13.2 Å². The van der Waals surface area contributed by atoms with Crippen LogP contribution in [-0.4, -0.2) is 32.4 Å². The van der Waals surface area contributed by atoms with Crippen molar-refractivity contribution >= 4 is 5.91 Å². The van der Waals surface area contributed by atoms with Gasteiger partial charge in [0.15, 0.2) is 6.10 Å². The van der Waals surface area contributed by atoms with E-state index in [0.717, 1.165) is 25.0 Å². The van der Waals surface area contributed by atoms with Gasteiger partial charge in [-0.25, -0.2) is 4.98 Å². The topological polar surface area (TPSA) is 86.3 Å². The van der Waals surface area contributed by atoms with Crippen molar-refractivity contribution in [2.24, 2.45) is 0 Å². The Kier molecular flexibility index (Phi) is 6.81. The van der Waals surface area contributed by atoms with Crippen LogP contribution in [0.4, 0.5) is 13.2 Å². The Bertz CT molecular complexity index is 1490. The summed E-state index contributed by atoms with van der Waals surface area (Å²) in [6, 6.07) is 12.8. The largest absolute Gasteiger partial charge is 0.416 e. The maximum absolute atomic E-state index is 13.4. The molecule has 2 N–H and O–H groups in total. The zero-order valence-electron chi connectivity index (χ0n) is 22.1. The van der Waals surface area contributed by atoms with E-state index in [-0.39, 0.29) is 29.6 Å². The smallest absolute Gasteiger partial charge is 0.378 e. The first-order valence-electron chi connectivity index (χ1n) is 14.0. The summed E-state index contributed by atoms with van der Waals surface area (Å²) in [7, 11) is 0. The number of aliphatic hydroxyl groups is 1. The molecule has 40 heavy (non-hydrogen) atoms. The molecule has 3 aliphatic rings. The average Bonchev–Trinajstić information content (AvgIpc) is 3.64. The highest BCUT2D eigenvalue weighted by atomic mass is 19.4. The number of aryl methyl sites for hydroxylation is 1. The standard InChI is InChI=1S/C31H32F3N3O3/c32-31(33,34)23-11-4-9-21(17-23)26(38)28(40)37-15-5-12-25-24(18-37)27(39)36-29(35-25)30(13-14-30)22-10-3-8-20(16-22)19-6-1-2-7-19/h3-4,8-11,16-17,19,26,38H,1-2,5-7,12-15,18H2,(H,35,36,39)/t26-/m1/s1. The van der Waals surface area contributed by atoms with Gasteiger partial charge in [-0.15, -0.1) is 0 Å². The van der Waals surface area contributed by atoms with Crippen molar-refractivity contribution in [2.75, 3.05) is 6.54 Å². The van der Waals surface area contributed by atoms with Crippen molar-refractivity contribution in [1.29, 1.82) is 0 Å². The molecule has 6 rings (SSSR count). The predicted octanol–water partition coefficient (Wildman–Crippen LogP) is 5.53. The number of halogens is 3. The number of hydrogen-bond acceptors (Lipinski definition) is 4. The maximum Gasteiger partial charge on any atom is 0.416 e. The third kappa shape index (κ3) is 4.96. The summed E-state index contributed by atoms with van der Waals surface area (Å²) in [5.74, 6) is 0.506. The summed E-state index contributed by atoms with van der Waals surface area (Å²) in [4.78, 5) is 35.8. The average molecular weight is 552 g/mol. The van der Waals surface area contributed by atoms with Crippen molar-refractivity contribution in [3.05, 3.63) is 98.2 Å². The molecule has 1 amide bonds. The van der Waals surface area contributed by atoms with Crippen LogP contribution in [0.25, 0.3) is 0 Å². The number of aliphatic hydroxyl groups excluding tert-OH is 1. The van der Waals surface area contributed by atoms with Crippen LogP contribution < -0.4 is 5.56 Å². The fraction of sp³-hybridized carbons (Fsp3) is 0.452. The van der Waals surface area contributed by atoms with Crippen LogP contribution in [0.2, 0.25) is 0 Å². The molecule has 6 nitrogen and oxygen atoms in total. The van der Waals surface area contributed by atoms with Crippen molar-refractivity contribution < 1.29 is 23.1 Å². The van der Waals surface area contributed by atoms with Crippen LogP contribution in [0.1, 0.15) is 96.3 Å². The Labute approximate surface area is 230 Å². The Morgan fingerprint density at radius 2 is 1.82 bits per heavy atom. The molecule has 0 bridgehead atoms. The molecule has 0 unspecified atom stereocenters. The molecule has 0 saturated heterocycles. The number of alkyl halides is 3. The second-order valence-corrected chi connectivity index (χ2v) is 11.4. The van der Waals surface area contributed by atoms with Gasteiger partial charge in [0.25, 0.3) is 11.5 Å². The van der Waals surface area contributed by atoms with Gasteiger partial charge in [0, 0.05) is 6.54 Å². The normalized spacial score (nSPS) is 19.6. The van der Waals surface area contributed by atoms with Gasteiger partial charge in [0.2, 0.25) is 0 Å². The van der Waals surface area contributed by atoms with Gasteiger partial charge >= 0.3 is 6.18 Å². The van der Waals surface area contributed by atoms with E-state index < -0.39 is 23.8 Å². The summed E-state index contributed by atoms with van der Waals surface area (Å²) in [5, 5.41) is 10.7. The predicted molar refractivity (Wildman–Crippen MR) is 143 cm³/mol. The number of fused-ring (bicyclic) bond motifs is 1. The quantitative estimate of drug-likeness (QED) is 0.436. The Morgan fingerprint density at radius 3 is 2.55 bits per heavy atom. The molecule has 2 fully saturated rings. The fourth-order valence-corrected chi connectivity index (χ4v) is 6.37. The summed E-state index contributed by atoms with van der Waals surface area (Å²) in [6.45, 7) is 0.200. The molecule has 2 heterocycles. The number of aromatic amines is 1. The Balaban J connectivity index is 1.25. The fourth-order valence-electron chi connectivity index (χ4n) is 6.37. The van der Waals surface area contributed by atoms with E-state index in [4.69, 9.17) is 4.98 Å². The number of nitrogens with zero attached hydrogens (tertiary/aromatic N) is 2. The monoisotopic (exact) mass is 551 g/mol. The molecule has 3 aromatic rings. The Morgan fingerprint density at radius 1 is 1.07 bits per heavy atom. The molecule has 9 heteroatoms. The second-order valence-electron chi connectivity index (χ2n) is 11.4. The van der Waals surface area contributed by atoms with Crippen molar-refractivity contribution in [2.45, 2.75) is 81.5 Å². The number of carbonyl (C=O) groups is 1. The van der Waals surface area contributed by atoms with Gasteiger partial charge in [0.1, 0.15) is 5.82 Å². The van der Waals surface area contributed by atoms with Crippen LogP contribution in [-0.2, 0) is 29.4 Å². The first-order chi connectivity index (χ1) is 19.2. The first kappa shape index (κ1) is 26.7. The van der Waals surface area contributed by atoms with Gasteiger partial charge in [0.05, 0.1) is 28.8 Å². The molecular weight excluding hydrogens is 519 g/mol. The van der Waals surface area contributed by atoms with Crippen LogP contribution in [0.5, 0.6) is 0 Å². The molecule has 1 aromatic heterocycles. The van der Waals surface area contributed by atoms with Crippen LogP contribution >= 0.6 is 0 Å². The summed E-state index contributed by atoms with van der Waals surface area (Å²) >= 11 is 0. The highest BCUT2D eigenvalue weighted by Crippen LogP contribution is 2.52. The van der Waals surface area contributed by atoms with E-state index in [1.165, 1.54) is 53.8 Å². The van der Waals surface area contributed by atoms with E-state index in [1.54, 1.807) is 0 Å². The van der Waals surface area contributed by atoms with E-state index in [9.17, 15) is 27.9 Å². The van der Waals surface area contributed by atoms with Gasteiger partial charge < -0.3 is 15.0 Å². The van der Waals surface area contributed by atoms with E-state index in [1.807, 2.05) is 0 Å².